The molecule has 2 unspecified atom stereocenters. The van der Waals surface area contributed by atoms with Crippen molar-refractivity contribution in [2.75, 3.05) is 0 Å². The quantitative estimate of drug-likeness (QED) is 0.522. The molecule has 0 radical (unpaired) electrons. The highest BCUT2D eigenvalue weighted by Gasteiger charge is 2.20. The fraction of sp³-hybridized carbons (Fsp3) is 1.00. The minimum Gasteiger partial charge on any atom is -0.0654 e. The van der Waals surface area contributed by atoms with Crippen LogP contribution in [0.4, 0.5) is 0 Å². The summed E-state index contributed by atoms with van der Waals surface area (Å²) in [5.74, 6) is 1.80. The van der Waals surface area contributed by atoms with Gasteiger partial charge in [0.25, 0.3) is 0 Å². The minimum atomic E-state index is 0.557. The second-order valence-corrected chi connectivity index (χ2v) is 5.97. The van der Waals surface area contributed by atoms with Gasteiger partial charge in [0, 0.05) is 0 Å². The Balaban J connectivity index is 3.85. The Labute approximate surface area is 91.5 Å². The first-order chi connectivity index (χ1) is 6.41. The molecule has 0 heteroatoms. The van der Waals surface area contributed by atoms with Crippen LogP contribution in [0.15, 0.2) is 0 Å². The van der Waals surface area contributed by atoms with E-state index in [0.29, 0.717) is 5.41 Å². The van der Waals surface area contributed by atoms with E-state index >= 15 is 0 Å². The molecule has 0 saturated heterocycles. The highest BCUT2D eigenvalue weighted by Crippen LogP contribution is 2.33. The first-order valence-electron chi connectivity index (χ1n) is 6.41. The molecule has 0 bridgehead atoms. The van der Waals surface area contributed by atoms with Gasteiger partial charge in [-0.25, -0.2) is 0 Å². The zero-order valence-electron chi connectivity index (χ0n) is 11.2. The smallest absolute Gasteiger partial charge is 0.0352 e. The highest BCUT2D eigenvalue weighted by molar-refractivity contribution is 4.72. The average Bonchev–Trinajstić information content (AvgIpc) is 2.02. The molecule has 0 aliphatic rings. The van der Waals surface area contributed by atoms with Gasteiger partial charge >= 0.3 is 0 Å². The van der Waals surface area contributed by atoms with Crippen LogP contribution in [0.2, 0.25) is 0 Å². The molecular weight excluding hydrogens is 168 g/mol. The monoisotopic (exact) mass is 198 g/mol. The van der Waals surface area contributed by atoms with Gasteiger partial charge in [-0.1, -0.05) is 54.4 Å². The van der Waals surface area contributed by atoms with Gasteiger partial charge in [0.15, 0.2) is 0 Å². The maximum absolute atomic E-state index is 2.42. The standard InChI is InChI=1S/C14H30/c1-7-9-14(5,6)11-13(4)10-12(3)8-2/h12-13H,7-11H2,1-6H3. The molecule has 0 aliphatic carbocycles. The summed E-state index contributed by atoms with van der Waals surface area (Å²) in [6.07, 6.45) is 6.83. The van der Waals surface area contributed by atoms with Crippen LogP contribution in [0.25, 0.3) is 0 Å². The molecule has 0 N–H and O–H groups in total. The van der Waals surface area contributed by atoms with Gasteiger partial charge in [0.05, 0.1) is 0 Å². The molecule has 0 heterocycles. The molecule has 0 aromatic carbocycles. The van der Waals surface area contributed by atoms with Crippen LogP contribution in [-0.4, -0.2) is 0 Å². The van der Waals surface area contributed by atoms with Crippen LogP contribution in [0.5, 0.6) is 0 Å². The Hall–Kier alpha value is 0. The molecule has 0 amide bonds. The van der Waals surface area contributed by atoms with Crippen molar-refractivity contribution in [3.63, 3.8) is 0 Å². The second kappa shape index (κ2) is 6.48. The zero-order valence-corrected chi connectivity index (χ0v) is 11.2. The summed E-state index contributed by atoms with van der Waals surface area (Å²) >= 11 is 0. The Bertz CT molecular complexity index is 135. The highest BCUT2D eigenvalue weighted by atomic mass is 14.3. The Morgan fingerprint density at radius 2 is 1.57 bits per heavy atom. The van der Waals surface area contributed by atoms with Crippen molar-refractivity contribution < 1.29 is 0 Å². The molecular formula is C14H30. The van der Waals surface area contributed by atoms with Crippen LogP contribution < -0.4 is 0 Å². The van der Waals surface area contributed by atoms with E-state index in [2.05, 4.69) is 41.5 Å². The molecule has 0 aromatic heterocycles. The predicted octanol–water partition coefficient (Wildman–Crippen LogP) is 5.28. The van der Waals surface area contributed by atoms with E-state index in [1.54, 1.807) is 0 Å². The predicted molar refractivity (Wildman–Crippen MR) is 66.5 cm³/mol. The lowest BCUT2D eigenvalue weighted by atomic mass is 9.77. The number of rotatable bonds is 7. The SMILES string of the molecule is CCCC(C)(C)CC(C)CC(C)CC. The molecule has 86 valence electrons. The van der Waals surface area contributed by atoms with Crippen LogP contribution in [-0.2, 0) is 0 Å². The van der Waals surface area contributed by atoms with Gasteiger partial charge in [-0.2, -0.15) is 0 Å². The molecule has 0 spiro atoms. The largest absolute Gasteiger partial charge is 0.0654 e. The maximum Gasteiger partial charge on any atom is -0.0352 e. The van der Waals surface area contributed by atoms with Gasteiger partial charge in [-0.05, 0) is 36.5 Å². The number of hydrogen-bond donors (Lipinski definition) is 0. The molecule has 0 nitrogen and oxygen atoms in total. The van der Waals surface area contributed by atoms with Gasteiger partial charge in [0.1, 0.15) is 0 Å². The van der Waals surface area contributed by atoms with E-state index in [4.69, 9.17) is 0 Å². The lowest BCUT2D eigenvalue weighted by Gasteiger charge is -2.28. The van der Waals surface area contributed by atoms with E-state index in [-0.39, 0.29) is 0 Å². The van der Waals surface area contributed by atoms with Crippen molar-refractivity contribution >= 4 is 0 Å². The summed E-state index contributed by atoms with van der Waals surface area (Å²) in [5.41, 5.74) is 0.557. The van der Waals surface area contributed by atoms with Crippen molar-refractivity contribution in [2.24, 2.45) is 17.3 Å². The summed E-state index contributed by atoms with van der Waals surface area (Å²) in [6, 6.07) is 0. The third kappa shape index (κ3) is 6.45. The van der Waals surface area contributed by atoms with Crippen molar-refractivity contribution in [1.82, 2.24) is 0 Å². The van der Waals surface area contributed by atoms with Crippen LogP contribution in [0.1, 0.15) is 73.6 Å². The lowest BCUT2D eigenvalue weighted by Crippen LogP contribution is -2.16. The van der Waals surface area contributed by atoms with Gasteiger partial charge in [0.2, 0.25) is 0 Å². The van der Waals surface area contributed by atoms with E-state index < -0.39 is 0 Å². The lowest BCUT2D eigenvalue weighted by molar-refractivity contribution is 0.231. The fourth-order valence-corrected chi connectivity index (χ4v) is 2.66. The van der Waals surface area contributed by atoms with E-state index in [9.17, 15) is 0 Å². The van der Waals surface area contributed by atoms with Crippen LogP contribution in [0.3, 0.4) is 0 Å². The molecule has 0 aliphatic heterocycles. The van der Waals surface area contributed by atoms with Crippen molar-refractivity contribution in [3.05, 3.63) is 0 Å². The second-order valence-electron chi connectivity index (χ2n) is 5.97. The summed E-state index contributed by atoms with van der Waals surface area (Å²) in [6.45, 7) is 14.2. The fourth-order valence-electron chi connectivity index (χ4n) is 2.66. The van der Waals surface area contributed by atoms with Crippen molar-refractivity contribution in [3.8, 4) is 0 Å². The molecule has 0 fully saturated rings. The third-order valence-electron chi connectivity index (χ3n) is 3.33. The average molecular weight is 198 g/mol. The van der Waals surface area contributed by atoms with Crippen molar-refractivity contribution in [2.45, 2.75) is 73.6 Å². The van der Waals surface area contributed by atoms with E-state index in [0.717, 1.165) is 11.8 Å². The third-order valence-corrected chi connectivity index (χ3v) is 3.33. The van der Waals surface area contributed by atoms with Gasteiger partial charge < -0.3 is 0 Å². The summed E-state index contributed by atoms with van der Waals surface area (Å²) < 4.78 is 0. The first-order valence-corrected chi connectivity index (χ1v) is 6.41. The Kier molecular flexibility index (Phi) is 6.48. The van der Waals surface area contributed by atoms with Gasteiger partial charge in [-0.3, -0.25) is 0 Å². The molecule has 0 rings (SSSR count). The summed E-state index contributed by atoms with van der Waals surface area (Å²) in [7, 11) is 0. The van der Waals surface area contributed by atoms with Crippen molar-refractivity contribution in [1.29, 1.82) is 0 Å². The summed E-state index contributed by atoms with van der Waals surface area (Å²) in [4.78, 5) is 0. The zero-order chi connectivity index (χ0) is 11.2. The maximum atomic E-state index is 2.42. The van der Waals surface area contributed by atoms with E-state index in [1.165, 1.54) is 32.1 Å². The van der Waals surface area contributed by atoms with Crippen LogP contribution >= 0.6 is 0 Å². The normalized spacial score (nSPS) is 16.7. The minimum absolute atomic E-state index is 0.557. The van der Waals surface area contributed by atoms with Crippen LogP contribution in [0, 0.1) is 17.3 Å². The first kappa shape index (κ1) is 14.0. The topological polar surface area (TPSA) is 0 Å². The summed E-state index contributed by atoms with van der Waals surface area (Å²) in [5, 5.41) is 0. The number of hydrogen-bond acceptors (Lipinski definition) is 0. The van der Waals surface area contributed by atoms with E-state index in [1.807, 2.05) is 0 Å². The molecule has 14 heavy (non-hydrogen) atoms. The Morgan fingerprint density at radius 3 is 2.00 bits per heavy atom. The molecule has 0 aromatic rings. The molecule has 2 atom stereocenters. The molecule has 0 saturated carbocycles. The Morgan fingerprint density at radius 1 is 1.00 bits per heavy atom. The van der Waals surface area contributed by atoms with Gasteiger partial charge in [-0.15, -0.1) is 0 Å².